The molecule has 1 fully saturated rings. The van der Waals surface area contributed by atoms with Crippen molar-refractivity contribution in [2.45, 2.75) is 25.7 Å². The molecular weight excluding hydrogens is 423 g/mol. The van der Waals surface area contributed by atoms with Crippen molar-refractivity contribution in [3.8, 4) is 0 Å². The second-order valence-corrected chi connectivity index (χ2v) is 9.49. The number of carbonyl (C=O) groups excluding carboxylic acids is 1. The molecule has 3 nitrogen and oxygen atoms in total. The fraction of sp³-hybridized carbons (Fsp3) is 0.350. The van der Waals surface area contributed by atoms with E-state index in [1.807, 2.05) is 4.90 Å². The maximum Gasteiger partial charge on any atom is 0.265 e. The predicted octanol–water partition coefficient (Wildman–Crippen LogP) is 6.53. The van der Waals surface area contributed by atoms with Crippen LogP contribution in [-0.2, 0) is 7.05 Å². The first-order valence-corrected chi connectivity index (χ1v) is 10.8. The van der Waals surface area contributed by atoms with Crippen molar-refractivity contribution in [1.29, 1.82) is 0 Å². The summed E-state index contributed by atoms with van der Waals surface area (Å²) in [7, 11) is 2.09. The van der Waals surface area contributed by atoms with Crippen molar-refractivity contribution in [3.63, 3.8) is 0 Å². The molecule has 2 aromatic heterocycles. The zero-order valence-electron chi connectivity index (χ0n) is 15.1. The number of nitrogens with zero attached hydrogens (tertiary/aromatic N) is 2. The first-order chi connectivity index (χ1) is 12.9. The molecule has 1 aromatic carbocycles. The molecule has 0 atom stereocenters. The molecule has 142 valence electrons. The number of piperidine rings is 1. The highest BCUT2D eigenvalue weighted by atomic mass is 35.5. The molecule has 1 amide bonds. The number of hydrogen-bond donors (Lipinski definition) is 0. The van der Waals surface area contributed by atoms with E-state index in [0.717, 1.165) is 24.2 Å². The molecule has 0 radical (unpaired) electrons. The van der Waals surface area contributed by atoms with Crippen molar-refractivity contribution in [3.05, 3.63) is 54.8 Å². The number of amides is 1. The number of thiophene rings is 1. The average molecular weight is 442 g/mol. The summed E-state index contributed by atoms with van der Waals surface area (Å²) in [5.41, 5.74) is 3.90. The summed E-state index contributed by atoms with van der Waals surface area (Å²) in [5, 5.41) is 1.86. The minimum absolute atomic E-state index is 0.0778. The minimum atomic E-state index is -0.0778. The maximum absolute atomic E-state index is 12.8. The molecule has 27 heavy (non-hydrogen) atoms. The molecule has 0 bridgehead atoms. The average Bonchev–Trinajstić information content (AvgIpc) is 3.12. The summed E-state index contributed by atoms with van der Waals surface area (Å²) in [6.45, 7) is 3.53. The Labute approximate surface area is 177 Å². The number of carbonyl (C=O) groups is 1. The fourth-order valence-corrected chi connectivity index (χ4v) is 5.67. The summed E-state index contributed by atoms with van der Waals surface area (Å²) in [6, 6.07) is 6.59. The first kappa shape index (κ1) is 19.1. The second-order valence-electron chi connectivity index (χ2n) is 7.12. The quantitative estimate of drug-likeness (QED) is 0.444. The summed E-state index contributed by atoms with van der Waals surface area (Å²) < 4.78 is 2.56. The number of aromatic nitrogens is 1. The normalized spacial score (nSPS) is 15.7. The van der Waals surface area contributed by atoms with E-state index in [4.69, 9.17) is 34.8 Å². The smallest absolute Gasteiger partial charge is 0.265 e. The van der Waals surface area contributed by atoms with Crippen LogP contribution in [0.15, 0.2) is 24.4 Å². The van der Waals surface area contributed by atoms with Gasteiger partial charge in [0.05, 0.1) is 10.0 Å². The largest absolute Gasteiger partial charge is 0.350 e. The molecule has 0 saturated carbocycles. The van der Waals surface area contributed by atoms with Crippen LogP contribution in [0.2, 0.25) is 14.4 Å². The molecular formula is C20H19Cl3N2OS. The lowest BCUT2D eigenvalue weighted by molar-refractivity contribution is 0.0718. The molecule has 0 aliphatic carbocycles. The van der Waals surface area contributed by atoms with Gasteiger partial charge in [0, 0.05) is 37.2 Å². The predicted molar refractivity (Wildman–Crippen MR) is 115 cm³/mol. The van der Waals surface area contributed by atoms with E-state index in [1.165, 1.54) is 22.0 Å². The van der Waals surface area contributed by atoms with Crippen LogP contribution in [0.1, 0.15) is 39.6 Å². The highest BCUT2D eigenvalue weighted by Crippen LogP contribution is 2.42. The topological polar surface area (TPSA) is 25.2 Å². The fourth-order valence-electron chi connectivity index (χ4n) is 3.90. The highest BCUT2D eigenvalue weighted by molar-refractivity contribution is 7.19. The summed E-state index contributed by atoms with van der Waals surface area (Å²) >= 11 is 19.4. The third-order valence-corrected chi connectivity index (χ3v) is 7.91. The summed E-state index contributed by atoms with van der Waals surface area (Å²) in [5.74, 6) is 0.372. The zero-order chi connectivity index (χ0) is 19.3. The van der Waals surface area contributed by atoms with E-state index in [-0.39, 0.29) is 16.0 Å². The first-order valence-electron chi connectivity index (χ1n) is 8.85. The number of benzene rings is 1. The molecule has 4 rings (SSSR count). The Hall–Kier alpha value is -1.20. The number of hydrogen-bond acceptors (Lipinski definition) is 2. The van der Waals surface area contributed by atoms with Gasteiger partial charge in [0.2, 0.25) is 0 Å². The van der Waals surface area contributed by atoms with Gasteiger partial charge >= 0.3 is 0 Å². The van der Waals surface area contributed by atoms with Gasteiger partial charge < -0.3 is 9.47 Å². The summed E-state index contributed by atoms with van der Waals surface area (Å²) in [4.78, 5) is 15.1. The van der Waals surface area contributed by atoms with Gasteiger partial charge in [-0.3, -0.25) is 4.79 Å². The third kappa shape index (κ3) is 3.38. The van der Waals surface area contributed by atoms with Gasteiger partial charge in [-0.2, -0.15) is 0 Å². The van der Waals surface area contributed by atoms with E-state index in [1.54, 1.807) is 0 Å². The Balaban J connectivity index is 1.53. The van der Waals surface area contributed by atoms with Gasteiger partial charge in [0.1, 0.15) is 9.21 Å². The van der Waals surface area contributed by atoms with Crippen molar-refractivity contribution in [2.75, 3.05) is 13.1 Å². The Morgan fingerprint density at radius 2 is 1.85 bits per heavy atom. The lowest BCUT2D eigenvalue weighted by Crippen LogP contribution is -2.37. The van der Waals surface area contributed by atoms with Crippen LogP contribution in [0.4, 0.5) is 0 Å². The van der Waals surface area contributed by atoms with Crippen molar-refractivity contribution >= 4 is 62.9 Å². The van der Waals surface area contributed by atoms with Gasteiger partial charge in [-0.05, 0) is 43.4 Å². The number of likely N-dealkylation sites (tertiary alicyclic amines) is 1. The van der Waals surface area contributed by atoms with Crippen LogP contribution >= 0.6 is 46.1 Å². The maximum atomic E-state index is 12.8. The Kier molecular flexibility index (Phi) is 5.19. The number of halogens is 3. The number of aryl methyl sites for hydroxylation is 2. The van der Waals surface area contributed by atoms with E-state index < -0.39 is 0 Å². The SMILES string of the molecule is Cc1ccc2c(c1)c(C1CCN(C(=O)c3sc(Cl)c(Cl)c3Cl)CC1)cn2C. The standard InChI is InChI=1S/C20H19Cl3N2OS/c1-11-3-4-15-13(9-11)14(10-24(15)2)12-5-7-25(8-6-12)20(26)18-16(21)17(22)19(23)27-18/h3-4,9-10,12H,5-8H2,1-2H3. The lowest BCUT2D eigenvalue weighted by atomic mass is 9.89. The van der Waals surface area contributed by atoms with Gasteiger partial charge in [-0.25, -0.2) is 0 Å². The Morgan fingerprint density at radius 1 is 1.15 bits per heavy atom. The van der Waals surface area contributed by atoms with E-state index >= 15 is 0 Å². The summed E-state index contributed by atoms with van der Waals surface area (Å²) in [6.07, 6.45) is 4.11. The van der Waals surface area contributed by atoms with Crippen molar-refractivity contribution in [2.24, 2.45) is 7.05 Å². The van der Waals surface area contributed by atoms with Crippen LogP contribution in [-0.4, -0.2) is 28.5 Å². The van der Waals surface area contributed by atoms with E-state index in [0.29, 0.717) is 28.2 Å². The van der Waals surface area contributed by atoms with Crippen molar-refractivity contribution in [1.82, 2.24) is 9.47 Å². The number of fused-ring (bicyclic) bond motifs is 1. The van der Waals surface area contributed by atoms with Crippen LogP contribution in [0.25, 0.3) is 10.9 Å². The Morgan fingerprint density at radius 3 is 2.48 bits per heavy atom. The minimum Gasteiger partial charge on any atom is -0.350 e. The third-order valence-electron chi connectivity index (χ3n) is 5.35. The molecule has 3 heterocycles. The van der Waals surface area contributed by atoms with Crippen LogP contribution in [0, 0.1) is 6.92 Å². The highest BCUT2D eigenvalue weighted by Gasteiger charge is 2.29. The van der Waals surface area contributed by atoms with Crippen LogP contribution in [0.3, 0.4) is 0 Å². The van der Waals surface area contributed by atoms with Crippen molar-refractivity contribution < 1.29 is 4.79 Å². The van der Waals surface area contributed by atoms with Crippen LogP contribution < -0.4 is 0 Å². The molecule has 1 aliphatic heterocycles. The van der Waals surface area contributed by atoms with E-state index in [9.17, 15) is 4.79 Å². The molecule has 0 unspecified atom stereocenters. The Bertz CT molecular complexity index is 1030. The molecule has 3 aromatic rings. The van der Waals surface area contributed by atoms with Gasteiger partial charge in [0.15, 0.2) is 0 Å². The molecule has 0 N–H and O–H groups in total. The van der Waals surface area contributed by atoms with E-state index in [2.05, 4.69) is 42.9 Å². The lowest BCUT2D eigenvalue weighted by Gasteiger charge is -2.31. The molecule has 7 heteroatoms. The van der Waals surface area contributed by atoms with Gasteiger partial charge in [-0.1, -0.05) is 46.4 Å². The number of rotatable bonds is 2. The van der Waals surface area contributed by atoms with Gasteiger partial charge in [0.25, 0.3) is 5.91 Å². The second kappa shape index (κ2) is 7.32. The monoisotopic (exact) mass is 440 g/mol. The molecule has 1 saturated heterocycles. The zero-order valence-corrected chi connectivity index (χ0v) is 18.1. The van der Waals surface area contributed by atoms with Gasteiger partial charge in [-0.15, -0.1) is 11.3 Å². The molecule has 1 aliphatic rings. The molecule has 0 spiro atoms. The van der Waals surface area contributed by atoms with Crippen LogP contribution in [0.5, 0.6) is 0 Å².